The zero-order valence-electron chi connectivity index (χ0n) is 19.1. The number of hydrazine groups is 1. The van der Waals surface area contributed by atoms with Crippen molar-refractivity contribution in [3.63, 3.8) is 0 Å². The Bertz CT molecular complexity index is 1480. The van der Waals surface area contributed by atoms with E-state index in [4.69, 9.17) is 4.74 Å². The molecule has 0 spiro atoms. The Balaban J connectivity index is 1.36. The highest BCUT2D eigenvalue weighted by Gasteiger charge is 2.15. The molecule has 10 heteroatoms. The van der Waals surface area contributed by atoms with Gasteiger partial charge in [0.05, 0.1) is 11.5 Å². The Kier molecular flexibility index (Phi) is 6.74. The lowest BCUT2D eigenvalue weighted by molar-refractivity contribution is 0.0844. The van der Waals surface area contributed by atoms with Gasteiger partial charge in [0.25, 0.3) is 21.8 Å². The van der Waals surface area contributed by atoms with Gasteiger partial charge in [-0.1, -0.05) is 11.6 Å². The molecule has 0 aliphatic rings. The lowest BCUT2D eigenvalue weighted by atomic mass is 10.2. The minimum atomic E-state index is -3.81. The van der Waals surface area contributed by atoms with Gasteiger partial charge in [0.1, 0.15) is 11.4 Å². The Morgan fingerprint density at radius 3 is 2.26 bits per heavy atom. The first kappa shape index (κ1) is 23.8. The molecule has 4 rings (SSSR count). The monoisotopic (exact) mass is 492 g/mol. The van der Waals surface area contributed by atoms with Crippen molar-refractivity contribution in [3.8, 4) is 5.75 Å². The molecule has 0 radical (unpaired) electrons. The maximum Gasteiger partial charge on any atom is 0.286 e. The van der Waals surface area contributed by atoms with Crippen LogP contribution < -0.4 is 20.3 Å². The normalized spacial score (nSPS) is 11.1. The summed E-state index contributed by atoms with van der Waals surface area (Å²) >= 11 is 0. The topological polar surface area (TPSA) is 129 Å². The minimum Gasteiger partial charge on any atom is -0.494 e. The first-order valence-corrected chi connectivity index (χ1v) is 12.3. The SMILES string of the molecule is CCOc1ccc(S(=O)(=O)Nc2ccc(C(=O)NNC(=O)c3cc4cc(C)ccc4[nH]3)cc2)cc1. The van der Waals surface area contributed by atoms with E-state index in [0.717, 1.165) is 16.5 Å². The number of hydrogen-bond acceptors (Lipinski definition) is 5. The summed E-state index contributed by atoms with van der Waals surface area (Å²) in [5.41, 5.74) is 7.44. The molecule has 0 unspecified atom stereocenters. The first-order chi connectivity index (χ1) is 16.7. The third kappa shape index (κ3) is 5.61. The average molecular weight is 493 g/mol. The van der Waals surface area contributed by atoms with Gasteiger partial charge in [0.15, 0.2) is 0 Å². The molecule has 0 aliphatic carbocycles. The van der Waals surface area contributed by atoms with Gasteiger partial charge in [-0.05, 0) is 80.6 Å². The van der Waals surface area contributed by atoms with Crippen LogP contribution in [0.1, 0.15) is 33.3 Å². The summed E-state index contributed by atoms with van der Waals surface area (Å²) in [6.45, 7) is 4.29. The van der Waals surface area contributed by atoms with Crippen LogP contribution in [0.4, 0.5) is 5.69 Å². The number of sulfonamides is 1. The molecular formula is C25H24N4O5S. The Morgan fingerprint density at radius 1 is 0.886 bits per heavy atom. The Hall–Kier alpha value is -4.31. The van der Waals surface area contributed by atoms with Crippen molar-refractivity contribution in [1.82, 2.24) is 15.8 Å². The maximum atomic E-state index is 12.6. The highest BCUT2D eigenvalue weighted by atomic mass is 32.2. The summed E-state index contributed by atoms with van der Waals surface area (Å²) in [5.74, 6) is -0.466. The zero-order valence-corrected chi connectivity index (χ0v) is 19.9. The van der Waals surface area contributed by atoms with Crippen LogP contribution in [0.3, 0.4) is 0 Å². The van der Waals surface area contributed by atoms with Crippen LogP contribution in [0.25, 0.3) is 10.9 Å². The Labute approximate surface area is 202 Å². The van der Waals surface area contributed by atoms with Gasteiger partial charge >= 0.3 is 0 Å². The molecule has 0 atom stereocenters. The Morgan fingerprint density at radius 2 is 1.57 bits per heavy atom. The van der Waals surface area contributed by atoms with Crippen LogP contribution in [-0.4, -0.2) is 31.8 Å². The lowest BCUT2D eigenvalue weighted by Gasteiger charge is -2.10. The molecule has 4 N–H and O–H groups in total. The molecule has 9 nitrogen and oxygen atoms in total. The summed E-state index contributed by atoms with van der Waals surface area (Å²) in [6.07, 6.45) is 0. The fourth-order valence-corrected chi connectivity index (χ4v) is 4.47. The van der Waals surface area contributed by atoms with E-state index in [1.54, 1.807) is 18.2 Å². The smallest absolute Gasteiger partial charge is 0.286 e. The number of carbonyl (C=O) groups excluding carboxylic acids is 2. The van der Waals surface area contributed by atoms with Gasteiger partial charge in [-0.15, -0.1) is 0 Å². The number of benzene rings is 3. The quantitative estimate of drug-likeness (QED) is 0.292. The van der Waals surface area contributed by atoms with E-state index in [0.29, 0.717) is 18.1 Å². The fraction of sp³-hybridized carbons (Fsp3) is 0.120. The van der Waals surface area contributed by atoms with E-state index < -0.39 is 21.8 Å². The first-order valence-electron chi connectivity index (χ1n) is 10.8. The summed E-state index contributed by atoms with van der Waals surface area (Å²) < 4.78 is 33.0. The van der Waals surface area contributed by atoms with Crippen molar-refractivity contribution in [2.75, 3.05) is 11.3 Å². The second-order valence-electron chi connectivity index (χ2n) is 7.77. The number of aromatic nitrogens is 1. The number of aryl methyl sites for hydroxylation is 1. The molecule has 35 heavy (non-hydrogen) atoms. The van der Waals surface area contributed by atoms with Crippen molar-refractivity contribution in [2.45, 2.75) is 18.7 Å². The number of amides is 2. The molecule has 180 valence electrons. The molecule has 0 aliphatic heterocycles. The molecule has 2 amide bonds. The van der Waals surface area contributed by atoms with Gasteiger partial charge in [-0.3, -0.25) is 25.2 Å². The summed E-state index contributed by atoms with van der Waals surface area (Å²) in [5, 5.41) is 0.893. The van der Waals surface area contributed by atoms with Crippen LogP contribution in [0.5, 0.6) is 5.75 Å². The van der Waals surface area contributed by atoms with Gasteiger partial charge in [-0.25, -0.2) is 8.42 Å². The standard InChI is InChI=1S/C25H24N4O5S/c1-3-34-20-9-11-21(12-10-20)35(32,33)29-19-7-5-17(6-8-19)24(30)27-28-25(31)23-15-18-14-16(2)4-13-22(18)26-23/h4-15,26,29H,3H2,1-2H3,(H,27,30)(H,28,31). The van der Waals surface area contributed by atoms with Crippen LogP contribution in [0, 0.1) is 6.92 Å². The van der Waals surface area contributed by atoms with Crippen LogP contribution in [-0.2, 0) is 10.0 Å². The second kappa shape index (κ2) is 9.90. The molecular weight excluding hydrogens is 468 g/mol. The molecule has 0 saturated heterocycles. The largest absolute Gasteiger partial charge is 0.494 e. The van der Waals surface area contributed by atoms with E-state index in [-0.39, 0.29) is 16.1 Å². The van der Waals surface area contributed by atoms with Crippen molar-refractivity contribution >= 4 is 38.4 Å². The molecule has 0 bridgehead atoms. The van der Waals surface area contributed by atoms with Crippen LogP contribution in [0.2, 0.25) is 0 Å². The number of H-pyrrole nitrogens is 1. The number of ether oxygens (including phenoxy) is 1. The van der Waals surface area contributed by atoms with Crippen LogP contribution in [0.15, 0.2) is 77.7 Å². The van der Waals surface area contributed by atoms with Gasteiger partial charge in [0.2, 0.25) is 0 Å². The fourth-order valence-electron chi connectivity index (χ4n) is 3.41. The highest BCUT2D eigenvalue weighted by Crippen LogP contribution is 2.20. The molecule has 1 heterocycles. The van der Waals surface area contributed by atoms with Gasteiger partial charge < -0.3 is 9.72 Å². The predicted octanol–water partition coefficient (Wildman–Crippen LogP) is 3.75. The summed E-state index contributed by atoms with van der Waals surface area (Å²) in [7, 11) is -3.81. The van der Waals surface area contributed by atoms with Crippen molar-refractivity contribution in [1.29, 1.82) is 0 Å². The lowest BCUT2D eigenvalue weighted by Crippen LogP contribution is -2.41. The van der Waals surface area contributed by atoms with E-state index in [9.17, 15) is 18.0 Å². The summed E-state index contributed by atoms with van der Waals surface area (Å²) in [4.78, 5) is 27.9. The molecule has 4 aromatic rings. The van der Waals surface area contributed by atoms with E-state index >= 15 is 0 Å². The molecule has 0 fully saturated rings. The minimum absolute atomic E-state index is 0.0811. The number of rotatable bonds is 7. The third-order valence-electron chi connectivity index (χ3n) is 5.15. The van der Waals surface area contributed by atoms with Gasteiger partial charge in [0, 0.05) is 22.2 Å². The maximum absolute atomic E-state index is 12.6. The molecule has 3 aromatic carbocycles. The molecule has 1 aromatic heterocycles. The van der Waals surface area contributed by atoms with Crippen molar-refractivity contribution in [3.05, 3.63) is 89.6 Å². The number of fused-ring (bicyclic) bond motifs is 1. The second-order valence-corrected chi connectivity index (χ2v) is 9.45. The van der Waals surface area contributed by atoms with Gasteiger partial charge in [-0.2, -0.15) is 0 Å². The average Bonchev–Trinajstić information content (AvgIpc) is 3.26. The summed E-state index contributed by atoms with van der Waals surface area (Å²) in [6, 6.07) is 19.3. The van der Waals surface area contributed by atoms with E-state index in [1.165, 1.54) is 36.4 Å². The number of carbonyl (C=O) groups is 2. The van der Waals surface area contributed by atoms with Crippen LogP contribution >= 0.6 is 0 Å². The zero-order chi connectivity index (χ0) is 25.0. The molecule has 0 saturated carbocycles. The van der Waals surface area contributed by atoms with Crippen molar-refractivity contribution < 1.29 is 22.7 Å². The van der Waals surface area contributed by atoms with E-state index in [2.05, 4.69) is 20.6 Å². The highest BCUT2D eigenvalue weighted by molar-refractivity contribution is 7.92. The third-order valence-corrected chi connectivity index (χ3v) is 6.55. The number of anilines is 1. The van der Waals surface area contributed by atoms with E-state index in [1.807, 2.05) is 32.0 Å². The number of hydrogen-bond donors (Lipinski definition) is 4. The van der Waals surface area contributed by atoms with Crippen molar-refractivity contribution in [2.24, 2.45) is 0 Å². The predicted molar refractivity (Wildman–Crippen MR) is 133 cm³/mol. The number of nitrogens with one attached hydrogen (secondary N) is 4. The number of aromatic amines is 1.